The molecule has 0 aliphatic rings. The van der Waals surface area contributed by atoms with Crippen molar-refractivity contribution in [1.82, 2.24) is 5.32 Å². The lowest BCUT2D eigenvalue weighted by molar-refractivity contribution is 0.706. The Hall–Kier alpha value is -1.24. The van der Waals surface area contributed by atoms with Crippen LogP contribution in [0.25, 0.3) is 0 Å². The molecule has 18 heavy (non-hydrogen) atoms. The van der Waals surface area contributed by atoms with Crippen molar-refractivity contribution in [3.8, 4) is 0 Å². The summed E-state index contributed by atoms with van der Waals surface area (Å²) < 4.78 is 0. The molecule has 0 radical (unpaired) electrons. The van der Waals surface area contributed by atoms with Crippen LogP contribution in [0.4, 0.5) is 0 Å². The molecule has 0 spiro atoms. The molecular weight excluding hydrogens is 218 g/mol. The monoisotopic (exact) mass is 247 g/mol. The fourth-order valence-corrected chi connectivity index (χ4v) is 1.60. The molecule has 0 atom stereocenters. The van der Waals surface area contributed by atoms with Crippen LogP contribution in [0, 0.1) is 5.92 Å². The fraction of sp³-hybridized carbons (Fsp3) is 0.529. The van der Waals surface area contributed by atoms with Crippen molar-refractivity contribution in [2.75, 3.05) is 7.05 Å². The zero-order chi connectivity index (χ0) is 14.0. The van der Waals surface area contributed by atoms with E-state index < -0.39 is 0 Å². The molecule has 0 rings (SSSR count). The minimum atomic E-state index is 0.592. The Bertz CT molecular complexity index is 330. The van der Waals surface area contributed by atoms with Gasteiger partial charge in [-0.3, -0.25) is 0 Å². The lowest BCUT2D eigenvalue weighted by Crippen LogP contribution is -2.02. The summed E-state index contributed by atoms with van der Waals surface area (Å²) in [5.41, 5.74) is 3.97. The second-order valence-corrected chi connectivity index (χ2v) is 4.86. The number of rotatable bonds is 8. The van der Waals surface area contributed by atoms with Gasteiger partial charge in [0.05, 0.1) is 0 Å². The zero-order valence-electron chi connectivity index (χ0n) is 12.7. The van der Waals surface area contributed by atoms with Crippen molar-refractivity contribution in [2.24, 2.45) is 5.92 Å². The summed E-state index contributed by atoms with van der Waals surface area (Å²) in [6.45, 7) is 12.8. The number of hydrogen-bond donors (Lipinski definition) is 1. The van der Waals surface area contributed by atoms with Crippen molar-refractivity contribution < 1.29 is 0 Å². The van der Waals surface area contributed by atoms with Crippen molar-refractivity contribution in [2.45, 2.75) is 47.0 Å². The average Bonchev–Trinajstić information content (AvgIpc) is 2.36. The van der Waals surface area contributed by atoms with Crippen LogP contribution >= 0.6 is 0 Å². The molecule has 102 valence electrons. The molecule has 0 amide bonds. The van der Waals surface area contributed by atoms with Crippen LogP contribution in [-0.2, 0) is 0 Å². The van der Waals surface area contributed by atoms with E-state index >= 15 is 0 Å². The third-order valence-corrected chi connectivity index (χ3v) is 3.17. The number of allylic oxidation sites excluding steroid dienone is 6. The number of nitrogens with one attached hydrogen (secondary N) is 1. The highest BCUT2D eigenvalue weighted by Crippen LogP contribution is 2.18. The van der Waals surface area contributed by atoms with Gasteiger partial charge in [-0.25, -0.2) is 0 Å². The molecule has 1 N–H and O–H groups in total. The Kier molecular flexibility index (Phi) is 9.08. The van der Waals surface area contributed by atoms with Gasteiger partial charge in [0.1, 0.15) is 0 Å². The van der Waals surface area contributed by atoms with E-state index in [1.54, 1.807) is 0 Å². The molecule has 0 aliphatic carbocycles. The van der Waals surface area contributed by atoms with E-state index in [0.717, 1.165) is 25.0 Å². The van der Waals surface area contributed by atoms with E-state index in [2.05, 4.69) is 50.9 Å². The minimum absolute atomic E-state index is 0.592. The highest BCUT2D eigenvalue weighted by molar-refractivity contribution is 5.24. The van der Waals surface area contributed by atoms with Gasteiger partial charge in [0.2, 0.25) is 0 Å². The normalized spacial score (nSPS) is 13.4. The smallest absolute Gasteiger partial charge is 0.0334 e. The highest BCUT2D eigenvalue weighted by atomic mass is 14.8. The van der Waals surface area contributed by atoms with Gasteiger partial charge >= 0.3 is 0 Å². The third-order valence-electron chi connectivity index (χ3n) is 3.17. The van der Waals surface area contributed by atoms with Crippen molar-refractivity contribution in [3.63, 3.8) is 0 Å². The summed E-state index contributed by atoms with van der Waals surface area (Å²) in [4.78, 5) is 0. The van der Waals surface area contributed by atoms with Crippen LogP contribution < -0.4 is 5.32 Å². The molecule has 0 fully saturated rings. The Morgan fingerprint density at radius 2 is 1.89 bits per heavy atom. The van der Waals surface area contributed by atoms with Crippen LogP contribution in [0.5, 0.6) is 0 Å². The highest BCUT2D eigenvalue weighted by Gasteiger charge is 2.01. The van der Waals surface area contributed by atoms with E-state index in [4.69, 9.17) is 0 Å². The van der Waals surface area contributed by atoms with E-state index in [-0.39, 0.29) is 0 Å². The van der Waals surface area contributed by atoms with Crippen LogP contribution in [0.15, 0.2) is 47.7 Å². The maximum Gasteiger partial charge on any atom is 0.0334 e. The van der Waals surface area contributed by atoms with E-state index in [0.29, 0.717) is 5.92 Å². The lowest BCUT2D eigenvalue weighted by Gasteiger charge is -2.10. The van der Waals surface area contributed by atoms with Crippen LogP contribution in [0.1, 0.15) is 47.0 Å². The van der Waals surface area contributed by atoms with Gasteiger partial charge in [-0.2, -0.15) is 0 Å². The van der Waals surface area contributed by atoms with E-state index in [1.165, 1.54) is 11.1 Å². The summed E-state index contributed by atoms with van der Waals surface area (Å²) in [7, 11) is 1.95. The molecule has 0 saturated carbocycles. The van der Waals surface area contributed by atoms with E-state index in [9.17, 15) is 0 Å². The number of hydrogen-bond acceptors (Lipinski definition) is 1. The summed E-state index contributed by atoms with van der Waals surface area (Å²) in [6, 6.07) is 0. The first-order valence-corrected chi connectivity index (χ1v) is 6.92. The SMILES string of the molecule is C=C(CC/C(=C/C=C(\C=C/C)NC)CC)C(C)C. The predicted molar refractivity (Wildman–Crippen MR) is 83.5 cm³/mol. The van der Waals surface area contributed by atoms with Crippen LogP contribution in [0.2, 0.25) is 0 Å². The minimum Gasteiger partial charge on any atom is -0.388 e. The van der Waals surface area contributed by atoms with Gasteiger partial charge < -0.3 is 5.32 Å². The van der Waals surface area contributed by atoms with Crippen molar-refractivity contribution in [3.05, 3.63) is 47.7 Å². The molecule has 0 aromatic carbocycles. The summed E-state index contributed by atoms with van der Waals surface area (Å²) in [6.07, 6.45) is 11.8. The fourth-order valence-electron chi connectivity index (χ4n) is 1.60. The topological polar surface area (TPSA) is 12.0 Å². The summed E-state index contributed by atoms with van der Waals surface area (Å²) >= 11 is 0. The lowest BCUT2D eigenvalue weighted by atomic mass is 9.96. The molecule has 0 saturated heterocycles. The molecule has 1 nitrogen and oxygen atoms in total. The Labute approximate surface area is 113 Å². The molecule has 0 aliphatic heterocycles. The predicted octanol–water partition coefficient (Wildman–Crippen LogP) is 4.99. The Morgan fingerprint density at radius 1 is 1.22 bits per heavy atom. The van der Waals surface area contributed by atoms with Gasteiger partial charge in [-0.15, -0.1) is 0 Å². The second-order valence-electron chi connectivity index (χ2n) is 4.86. The number of likely N-dealkylation sites (N-methyl/N-ethyl adjacent to an activating group) is 1. The molecule has 0 heterocycles. The molecule has 0 aromatic heterocycles. The summed E-state index contributed by atoms with van der Waals surface area (Å²) in [5.74, 6) is 0.592. The van der Waals surface area contributed by atoms with Gasteiger partial charge in [0.25, 0.3) is 0 Å². The first-order chi connectivity index (χ1) is 8.54. The molecule has 1 heteroatoms. The van der Waals surface area contributed by atoms with Gasteiger partial charge in [-0.05, 0) is 44.3 Å². The van der Waals surface area contributed by atoms with E-state index in [1.807, 2.05) is 20.0 Å². The molecule has 0 bridgehead atoms. The van der Waals surface area contributed by atoms with Gasteiger partial charge in [0.15, 0.2) is 0 Å². The maximum absolute atomic E-state index is 4.14. The molecular formula is C17H29N. The zero-order valence-corrected chi connectivity index (χ0v) is 12.7. The van der Waals surface area contributed by atoms with Crippen LogP contribution in [0.3, 0.4) is 0 Å². The van der Waals surface area contributed by atoms with Crippen molar-refractivity contribution in [1.29, 1.82) is 0 Å². The average molecular weight is 247 g/mol. The van der Waals surface area contributed by atoms with Gasteiger partial charge in [-0.1, -0.05) is 50.6 Å². The quantitative estimate of drug-likeness (QED) is 0.470. The van der Waals surface area contributed by atoms with Crippen molar-refractivity contribution >= 4 is 0 Å². The third kappa shape index (κ3) is 7.16. The maximum atomic E-state index is 4.14. The summed E-state index contributed by atoms with van der Waals surface area (Å²) in [5, 5.41) is 3.18. The standard InChI is InChI=1S/C17H29N/c1-7-9-17(18-6)13-12-16(8-2)11-10-15(5)14(3)4/h7,9,12-14,18H,5,8,10-11H2,1-4,6H3/b9-7-,16-12+,17-13+. The van der Waals surface area contributed by atoms with Gasteiger partial charge in [0, 0.05) is 12.7 Å². The Balaban J connectivity index is 4.53. The molecule has 0 aromatic rings. The second kappa shape index (κ2) is 9.76. The van der Waals surface area contributed by atoms with Crippen LogP contribution in [-0.4, -0.2) is 7.05 Å². The first kappa shape index (κ1) is 16.8. The largest absolute Gasteiger partial charge is 0.388 e. The first-order valence-electron chi connectivity index (χ1n) is 6.92. The Morgan fingerprint density at radius 3 is 2.33 bits per heavy atom. The molecule has 0 unspecified atom stereocenters.